The Bertz CT molecular complexity index is 226. The summed E-state index contributed by atoms with van der Waals surface area (Å²) in [7, 11) is 2.23. The fourth-order valence-corrected chi connectivity index (χ4v) is 3.48. The van der Waals surface area contributed by atoms with Crippen LogP contribution in [0, 0.1) is 0 Å². The zero-order valence-corrected chi connectivity index (χ0v) is 11.4. The van der Waals surface area contributed by atoms with Crippen LogP contribution in [0.15, 0.2) is 0 Å². The van der Waals surface area contributed by atoms with E-state index < -0.39 is 0 Å². The number of likely N-dealkylation sites (tertiary alicyclic amines) is 1. The second kappa shape index (κ2) is 6.17. The quantitative estimate of drug-likeness (QED) is 0.813. The SMILES string of the molecule is CCN1CCC(N(C)[C@@H]2CCCC[C@H]2O)CC1. The molecule has 1 N–H and O–H groups in total. The second-order valence-corrected chi connectivity index (χ2v) is 5.75. The van der Waals surface area contributed by atoms with E-state index in [1.807, 2.05) is 0 Å². The molecule has 2 aliphatic rings. The average molecular weight is 240 g/mol. The molecule has 1 saturated heterocycles. The van der Waals surface area contributed by atoms with Gasteiger partial charge >= 0.3 is 0 Å². The normalized spacial score (nSPS) is 33.2. The van der Waals surface area contributed by atoms with E-state index in [1.54, 1.807) is 0 Å². The number of hydrogen-bond acceptors (Lipinski definition) is 3. The molecule has 2 rings (SSSR count). The van der Waals surface area contributed by atoms with Gasteiger partial charge < -0.3 is 10.0 Å². The smallest absolute Gasteiger partial charge is 0.0695 e. The molecule has 2 fully saturated rings. The third-order valence-corrected chi connectivity index (χ3v) is 4.80. The van der Waals surface area contributed by atoms with Crippen LogP contribution in [0.4, 0.5) is 0 Å². The Kier molecular flexibility index (Phi) is 4.83. The fraction of sp³-hybridized carbons (Fsp3) is 1.00. The first-order chi connectivity index (χ1) is 8.22. The molecular weight excluding hydrogens is 212 g/mol. The minimum Gasteiger partial charge on any atom is -0.391 e. The van der Waals surface area contributed by atoms with Crippen LogP contribution in [0.1, 0.15) is 45.4 Å². The van der Waals surface area contributed by atoms with Gasteiger partial charge in [-0.3, -0.25) is 4.90 Å². The van der Waals surface area contributed by atoms with Crippen LogP contribution < -0.4 is 0 Å². The highest BCUT2D eigenvalue weighted by Gasteiger charge is 2.31. The minimum atomic E-state index is -0.0852. The maximum atomic E-state index is 10.1. The number of aliphatic hydroxyl groups excluding tert-OH is 1. The van der Waals surface area contributed by atoms with Gasteiger partial charge in [-0.2, -0.15) is 0 Å². The summed E-state index contributed by atoms with van der Waals surface area (Å²) in [6, 6.07) is 1.11. The van der Waals surface area contributed by atoms with E-state index >= 15 is 0 Å². The molecule has 0 amide bonds. The first-order valence-electron chi connectivity index (χ1n) is 7.34. The first kappa shape index (κ1) is 13.3. The molecule has 0 radical (unpaired) electrons. The van der Waals surface area contributed by atoms with Gasteiger partial charge in [0.1, 0.15) is 0 Å². The van der Waals surface area contributed by atoms with Crippen LogP contribution in [0.5, 0.6) is 0 Å². The molecule has 17 heavy (non-hydrogen) atoms. The molecule has 1 heterocycles. The van der Waals surface area contributed by atoms with Crippen molar-refractivity contribution in [2.24, 2.45) is 0 Å². The van der Waals surface area contributed by atoms with Crippen LogP contribution in [0.25, 0.3) is 0 Å². The van der Waals surface area contributed by atoms with Gasteiger partial charge in [-0.15, -0.1) is 0 Å². The van der Waals surface area contributed by atoms with E-state index in [-0.39, 0.29) is 6.10 Å². The molecular formula is C14H28N2O. The predicted molar refractivity (Wildman–Crippen MR) is 71.2 cm³/mol. The summed E-state index contributed by atoms with van der Waals surface area (Å²) in [5, 5.41) is 10.1. The second-order valence-electron chi connectivity index (χ2n) is 5.75. The topological polar surface area (TPSA) is 26.7 Å². The molecule has 1 aliphatic carbocycles. The molecule has 0 unspecified atom stereocenters. The van der Waals surface area contributed by atoms with Crippen molar-refractivity contribution in [3.05, 3.63) is 0 Å². The predicted octanol–water partition coefficient (Wildman–Crippen LogP) is 1.71. The van der Waals surface area contributed by atoms with Gasteiger partial charge in [-0.25, -0.2) is 0 Å². The van der Waals surface area contributed by atoms with E-state index in [4.69, 9.17) is 0 Å². The summed E-state index contributed by atoms with van der Waals surface area (Å²) in [5.41, 5.74) is 0. The summed E-state index contributed by atoms with van der Waals surface area (Å²) in [4.78, 5) is 5.01. The fourth-order valence-electron chi connectivity index (χ4n) is 3.48. The molecule has 2 atom stereocenters. The number of piperidine rings is 1. The Labute approximate surface area is 106 Å². The van der Waals surface area contributed by atoms with Gasteiger partial charge in [0, 0.05) is 12.1 Å². The maximum Gasteiger partial charge on any atom is 0.0695 e. The summed E-state index contributed by atoms with van der Waals surface area (Å²) < 4.78 is 0. The molecule has 0 aromatic heterocycles. The van der Waals surface area contributed by atoms with Crippen molar-refractivity contribution in [2.45, 2.75) is 63.6 Å². The Balaban J connectivity index is 1.85. The lowest BCUT2D eigenvalue weighted by atomic mass is 9.89. The minimum absolute atomic E-state index is 0.0852. The zero-order chi connectivity index (χ0) is 12.3. The third-order valence-electron chi connectivity index (χ3n) is 4.80. The Morgan fingerprint density at radius 1 is 1.12 bits per heavy atom. The molecule has 100 valence electrons. The van der Waals surface area contributed by atoms with Crippen molar-refractivity contribution < 1.29 is 5.11 Å². The summed E-state index contributed by atoms with van der Waals surface area (Å²) >= 11 is 0. The Morgan fingerprint density at radius 3 is 2.35 bits per heavy atom. The van der Waals surface area contributed by atoms with Crippen molar-refractivity contribution in [1.82, 2.24) is 9.80 Å². The summed E-state index contributed by atoms with van der Waals surface area (Å²) in [6.07, 6.45) is 7.15. The molecule has 0 spiro atoms. The molecule has 3 heteroatoms. The van der Waals surface area contributed by atoms with Crippen LogP contribution >= 0.6 is 0 Å². The van der Waals surface area contributed by atoms with E-state index in [1.165, 1.54) is 51.7 Å². The Morgan fingerprint density at radius 2 is 1.76 bits per heavy atom. The van der Waals surface area contributed by atoms with Crippen LogP contribution in [0.3, 0.4) is 0 Å². The highest BCUT2D eigenvalue weighted by atomic mass is 16.3. The number of aliphatic hydroxyl groups is 1. The maximum absolute atomic E-state index is 10.1. The van der Waals surface area contributed by atoms with Gasteiger partial charge in [0.2, 0.25) is 0 Å². The van der Waals surface area contributed by atoms with Crippen LogP contribution in [-0.4, -0.2) is 59.8 Å². The largest absolute Gasteiger partial charge is 0.391 e. The van der Waals surface area contributed by atoms with Crippen molar-refractivity contribution in [3.63, 3.8) is 0 Å². The first-order valence-corrected chi connectivity index (χ1v) is 7.34. The van der Waals surface area contributed by atoms with Gasteiger partial charge in [0.05, 0.1) is 6.10 Å². The number of likely N-dealkylation sites (N-methyl/N-ethyl adjacent to an activating group) is 1. The molecule has 0 aromatic carbocycles. The average Bonchev–Trinajstić information content (AvgIpc) is 2.39. The lowest BCUT2D eigenvalue weighted by molar-refractivity contribution is -0.00165. The summed E-state index contributed by atoms with van der Waals surface area (Å²) in [6.45, 7) is 5.89. The van der Waals surface area contributed by atoms with Crippen molar-refractivity contribution in [1.29, 1.82) is 0 Å². The number of nitrogens with zero attached hydrogens (tertiary/aromatic N) is 2. The third kappa shape index (κ3) is 3.21. The molecule has 0 aromatic rings. The number of hydrogen-bond donors (Lipinski definition) is 1. The van der Waals surface area contributed by atoms with Crippen molar-refractivity contribution in [2.75, 3.05) is 26.7 Å². The van der Waals surface area contributed by atoms with E-state index in [9.17, 15) is 5.11 Å². The summed E-state index contributed by atoms with van der Waals surface area (Å²) in [5.74, 6) is 0. The van der Waals surface area contributed by atoms with E-state index in [0.29, 0.717) is 12.1 Å². The number of rotatable bonds is 3. The Hall–Kier alpha value is -0.120. The highest BCUT2D eigenvalue weighted by Crippen LogP contribution is 2.26. The lowest BCUT2D eigenvalue weighted by Gasteiger charge is -2.43. The standard InChI is InChI=1S/C14H28N2O/c1-3-16-10-8-12(9-11-16)15(2)13-6-4-5-7-14(13)17/h12-14,17H,3-11H2,1-2H3/t13-,14-/m1/s1. The van der Waals surface area contributed by atoms with Gasteiger partial charge in [-0.1, -0.05) is 19.8 Å². The van der Waals surface area contributed by atoms with Crippen molar-refractivity contribution >= 4 is 0 Å². The molecule has 1 aliphatic heterocycles. The van der Waals surface area contributed by atoms with E-state index in [2.05, 4.69) is 23.8 Å². The monoisotopic (exact) mass is 240 g/mol. The van der Waals surface area contributed by atoms with Gasteiger partial charge in [0.15, 0.2) is 0 Å². The zero-order valence-electron chi connectivity index (χ0n) is 11.4. The van der Waals surface area contributed by atoms with Gasteiger partial charge in [0.25, 0.3) is 0 Å². The van der Waals surface area contributed by atoms with Gasteiger partial charge in [-0.05, 0) is 52.4 Å². The highest BCUT2D eigenvalue weighted by molar-refractivity contribution is 4.87. The van der Waals surface area contributed by atoms with Crippen LogP contribution in [-0.2, 0) is 0 Å². The van der Waals surface area contributed by atoms with Crippen molar-refractivity contribution in [3.8, 4) is 0 Å². The van der Waals surface area contributed by atoms with Crippen LogP contribution in [0.2, 0.25) is 0 Å². The molecule has 0 bridgehead atoms. The molecule has 3 nitrogen and oxygen atoms in total. The van der Waals surface area contributed by atoms with E-state index in [0.717, 1.165) is 6.42 Å². The lowest BCUT2D eigenvalue weighted by Crippen LogP contribution is -2.51. The molecule has 1 saturated carbocycles.